The molecular formula is C14H20N2O2. The van der Waals surface area contributed by atoms with E-state index in [1.54, 1.807) is 0 Å². The second-order valence-corrected chi connectivity index (χ2v) is 4.76. The maximum Gasteiger partial charge on any atom is 0.226 e. The summed E-state index contributed by atoms with van der Waals surface area (Å²) in [5.74, 6) is -0.00463. The fourth-order valence-corrected chi connectivity index (χ4v) is 2.22. The normalized spacial score (nSPS) is 20.7. The first-order valence-electron chi connectivity index (χ1n) is 6.43. The van der Waals surface area contributed by atoms with Gasteiger partial charge in [0.1, 0.15) is 0 Å². The van der Waals surface area contributed by atoms with Crippen LogP contribution in [0.4, 0.5) is 5.69 Å². The Morgan fingerprint density at radius 1 is 1.56 bits per heavy atom. The number of ether oxygens (including phenoxy) is 1. The average Bonchev–Trinajstić information content (AvgIpc) is 2.82. The van der Waals surface area contributed by atoms with Crippen molar-refractivity contribution in [3.8, 4) is 0 Å². The van der Waals surface area contributed by atoms with Gasteiger partial charge < -0.3 is 15.8 Å². The van der Waals surface area contributed by atoms with Crippen molar-refractivity contribution in [2.45, 2.75) is 38.3 Å². The van der Waals surface area contributed by atoms with Crippen LogP contribution in [0.5, 0.6) is 0 Å². The fraction of sp³-hybridized carbons (Fsp3) is 0.500. The molecule has 0 spiro atoms. The molecule has 98 valence electrons. The largest absolute Gasteiger partial charge is 0.378 e. The minimum absolute atomic E-state index is 0.00463. The smallest absolute Gasteiger partial charge is 0.226 e. The van der Waals surface area contributed by atoms with Gasteiger partial charge in [-0.3, -0.25) is 4.79 Å². The van der Waals surface area contributed by atoms with E-state index in [0.29, 0.717) is 6.42 Å². The van der Waals surface area contributed by atoms with E-state index in [9.17, 15) is 4.79 Å². The fourth-order valence-electron chi connectivity index (χ4n) is 2.22. The van der Waals surface area contributed by atoms with Crippen molar-refractivity contribution in [1.82, 2.24) is 0 Å². The highest BCUT2D eigenvalue weighted by Gasteiger charge is 2.19. The number of anilines is 1. The standard InChI is InChI=1S/C14H20N2O2/c1-10(15)12-6-2-3-7-13(12)16-14(17)9-11-5-4-8-18-11/h2-3,6-7,10-11H,4-5,8-9,15H2,1H3,(H,16,17). The van der Waals surface area contributed by atoms with Crippen molar-refractivity contribution in [2.24, 2.45) is 5.73 Å². The lowest BCUT2D eigenvalue weighted by Gasteiger charge is -2.15. The Kier molecular flexibility index (Phi) is 4.33. The van der Waals surface area contributed by atoms with E-state index in [0.717, 1.165) is 30.7 Å². The van der Waals surface area contributed by atoms with Gasteiger partial charge in [0.25, 0.3) is 0 Å². The molecule has 0 saturated carbocycles. The first-order chi connectivity index (χ1) is 8.66. The summed E-state index contributed by atoms with van der Waals surface area (Å²) in [6, 6.07) is 7.55. The number of carbonyl (C=O) groups excluding carboxylic acids is 1. The molecule has 1 saturated heterocycles. The monoisotopic (exact) mass is 248 g/mol. The number of nitrogens with two attached hydrogens (primary N) is 1. The van der Waals surface area contributed by atoms with Gasteiger partial charge in [0.15, 0.2) is 0 Å². The summed E-state index contributed by atoms with van der Waals surface area (Å²) in [5, 5.41) is 2.92. The van der Waals surface area contributed by atoms with Crippen LogP contribution in [-0.2, 0) is 9.53 Å². The van der Waals surface area contributed by atoms with Crippen LogP contribution in [0.3, 0.4) is 0 Å². The topological polar surface area (TPSA) is 64.3 Å². The molecule has 2 unspecified atom stereocenters. The third-order valence-corrected chi connectivity index (χ3v) is 3.16. The van der Waals surface area contributed by atoms with Gasteiger partial charge in [0.2, 0.25) is 5.91 Å². The zero-order valence-corrected chi connectivity index (χ0v) is 10.7. The Hall–Kier alpha value is -1.39. The van der Waals surface area contributed by atoms with Gasteiger partial charge in [0.05, 0.1) is 12.5 Å². The second-order valence-electron chi connectivity index (χ2n) is 4.76. The molecule has 1 heterocycles. The summed E-state index contributed by atoms with van der Waals surface area (Å²) < 4.78 is 5.45. The van der Waals surface area contributed by atoms with E-state index in [-0.39, 0.29) is 18.1 Å². The van der Waals surface area contributed by atoms with Gasteiger partial charge >= 0.3 is 0 Å². The third-order valence-electron chi connectivity index (χ3n) is 3.16. The Labute approximate surface area is 108 Å². The van der Waals surface area contributed by atoms with Gasteiger partial charge in [0, 0.05) is 18.3 Å². The van der Waals surface area contributed by atoms with Crippen molar-refractivity contribution >= 4 is 11.6 Å². The molecule has 4 heteroatoms. The predicted octanol–water partition coefficient (Wildman–Crippen LogP) is 2.21. The first kappa shape index (κ1) is 13.1. The molecule has 18 heavy (non-hydrogen) atoms. The van der Waals surface area contributed by atoms with Crippen LogP contribution in [-0.4, -0.2) is 18.6 Å². The summed E-state index contributed by atoms with van der Waals surface area (Å²) in [7, 11) is 0. The van der Waals surface area contributed by atoms with E-state index in [1.165, 1.54) is 0 Å². The lowest BCUT2D eigenvalue weighted by Crippen LogP contribution is -2.20. The van der Waals surface area contributed by atoms with E-state index in [1.807, 2.05) is 31.2 Å². The molecule has 1 aliphatic heterocycles. The predicted molar refractivity (Wildman–Crippen MR) is 71.3 cm³/mol. The van der Waals surface area contributed by atoms with Gasteiger partial charge in [-0.1, -0.05) is 18.2 Å². The lowest BCUT2D eigenvalue weighted by molar-refractivity contribution is -0.118. The molecule has 1 aromatic rings. The summed E-state index contributed by atoms with van der Waals surface area (Å²) >= 11 is 0. The highest BCUT2D eigenvalue weighted by molar-refractivity contribution is 5.91. The number of para-hydroxylation sites is 1. The average molecular weight is 248 g/mol. The van der Waals surface area contributed by atoms with E-state index >= 15 is 0 Å². The molecule has 0 aliphatic carbocycles. The third kappa shape index (κ3) is 3.31. The number of amides is 1. The first-order valence-corrected chi connectivity index (χ1v) is 6.43. The number of rotatable bonds is 4. The minimum atomic E-state index is -0.0933. The molecule has 0 bridgehead atoms. The molecule has 3 N–H and O–H groups in total. The molecule has 2 rings (SSSR count). The van der Waals surface area contributed by atoms with Crippen molar-refractivity contribution in [2.75, 3.05) is 11.9 Å². The van der Waals surface area contributed by atoms with Crippen LogP contribution in [0.15, 0.2) is 24.3 Å². The zero-order chi connectivity index (χ0) is 13.0. The van der Waals surface area contributed by atoms with Gasteiger partial charge in [-0.05, 0) is 31.4 Å². The summed E-state index contributed by atoms with van der Waals surface area (Å²) in [4.78, 5) is 11.9. The van der Waals surface area contributed by atoms with Crippen LogP contribution >= 0.6 is 0 Å². The van der Waals surface area contributed by atoms with Crippen LogP contribution in [0.2, 0.25) is 0 Å². The Morgan fingerprint density at radius 2 is 2.33 bits per heavy atom. The zero-order valence-electron chi connectivity index (χ0n) is 10.7. The molecule has 2 atom stereocenters. The molecule has 4 nitrogen and oxygen atoms in total. The van der Waals surface area contributed by atoms with E-state index in [4.69, 9.17) is 10.5 Å². The van der Waals surface area contributed by atoms with Gasteiger partial charge in [-0.15, -0.1) is 0 Å². The molecule has 1 aromatic carbocycles. The van der Waals surface area contributed by atoms with E-state index < -0.39 is 0 Å². The SMILES string of the molecule is CC(N)c1ccccc1NC(=O)CC1CCCO1. The summed E-state index contributed by atoms with van der Waals surface area (Å²) in [6.07, 6.45) is 2.52. The van der Waals surface area contributed by atoms with Crippen molar-refractivity contribution < 1.29 is 9.53 Å². The highest BCUT2D eigenvalue weighted by atomic mass is 16.5. The number of hydrogen-bond acceptors (Lipinski definition) is 3. The minimum Gasteiger partial charge on any atom is -0.378 e. The van der Waals surface area contributed by atoms with Gasteiger partial charge in [-0.25, -0.2) is 0 Å². The summed E-state index contributed by atoms with van der Waals surface area (Å²) in [6.45, 7) is 2.68. The Morgan fingerprint density at radius 3 is 3.00 bits per heavy atom. The molecular weight excluding hydrogens is 228 g/mol. The summed E-state index contributed by atoms with van der Waals surface area (Å²) in [5.41, 5.74) is 7.64. The lowest BCUT2D eigenvalue weighted by atomic mass is 10.1. The molecule has 1 fully saturated rings. The molecule has 1 amide bonds. The second kappa shape index (κ2) is 5.98. The van der Waals surface area contributed by atoms with Crippen molar-refractivity contribution in [3.05, 3.63) is 29.8 Å². The van der Waals surface area contributed by atoms with Crippen LogP contribution in [0.25, 0.3) is 0 Å². The molecule has 0 radical (unpaired) electrons. The van der Waals surface area contributed by atoms with Crippen molar-refractivity contribution in [3.63, 3.8) is 0 Å². The van der Waals surface area contributed by atoms with E-state index in [2.05, 4.69) is 5.32 Å². The molecule has 1 aliphatic rings. The quantitative estimate of drug-likeness (QED) is 0.858. The maximum absolute atomic E-state index is 11.9. The highest BCUT2D eigenvalue weighted by Crippen LogP contribution is 2.22. The van der Waals surface area contributed by atoms with Crippen molar-refractivity contribution in [1.29, 1.82) is 0 Å². The Balaban J connectivity index is 1.97. The van der Waals surface area contributed by atoms with Crippen LogP contribution < -0.4 is 11.1 Å². The maximum atomic E-state index is 11.9. The Bertz CT molecular complexity index is 412. The number of carbonyl (C=O) groups is 1. The number of benzene rings is 1. The number of hydrogen-bond donors (Lipinski definition) is 2. The molecule has 0 aromatic heterocycles. The van der Waals surface area contributed by atoms with Crippen LogP contribution in [0.1, 0.15) is 37.8 Å². The van der Waals surface area contributed by atoms with Gasteiger partial charge in [-0.2, -0.15) is 0 Å². The van der Waals surface area contributed by atoms with Crippen LogP contribution in [0, 0.1) is 0 Å². The number of nitrogens with one attached hydrogen (secondary N) is 1.